The summed E-state index contributed by atoms with van der Waals surface area (Å²) in [7, 11) is 0. The summed E-state index contributed by atoms with van der Waals surface area (Å²) in [5.41, 5.74) is 4.42. The van der Waals surface area contributed by atoms with E-state index in [1.165, 1.54) is 6.07 Å². The van der Waals surface area contributed by atoms with Crippen molar-refractivity contribution in [3.05, 3.63) is 23.8 Å². The third-order valence-electron chi connectivity index (χ3n) is 4.21. The molecule has 1 heterocycles. The van der Waals surface area contributed by atoms with E-state index in [0.717, 1.165) is 0 Å². The number of ether oxygens (including phenoxy) is 1. The van der Waals surface area contributed by atoms with Crippen LogP contribution in [0.2, 0.25) is 0 Å². The third kappa shape index (κ3) is 5.29. The van der Waals surface area contributed by atoms with Crippen molar-refractivity contribution in [1.29, 1.82) is 0 Å². The summed E-state index contributed by atoms with van der Waals surface area (Å²) in [5, 5.41) is 10.6. The summed E-state index contributed by atoms with van der Waals surface area (Å²) in [6, 6.07) is 4.44. The zero-order chi connectivity index (χ0) is 18.8. The molecule has 0 aromatic heterocycles. The number of carbonyl (C=O) groups excluding carboxylic acids is 1. The lowest BCUT2D eigenvalue weighted by atomic mass is 9.87. The number of nitrogens with zero attached hydrogens (tertiary/aromatic N) is 1. The maximum absolute atomic E-state index is 13.3. The normalized spacial score (nSPS) is 17.6. The Kier molecular flexibility index (Phi) is 5.56. The number of nitrogen functional groups attached to an aromatic ring is 1. The monoisotopic (exact) mass is 356 g/mol. The van der Waals surface area contributed by atoms with Crippen molar-refractivity contribution in [3.8, 4) is 0 Å². The van der Waals surface area contributed by atoms with Crippen LogP contribution in [0.1, 0.15) is 52.0 Å². The highest BCUT2D eigenvalue weighted by atomic mass is 19.3. The number of hydrogen-bond donors (Lipinski definition) is 2. The Morgan fingerprint density at radius 1 is 1.36 bits per heavy atom. The molecule has 0 unspecified atom stereocenters. The average molecular weight is 356 g/mol. The number of piperidine rings is 1. The van der Waals surface area contributed by atoms with Gasteiger partial charge in [-0.1, -0.05) is 0 Å². The Balaban J connectivity index is 2.03. The van der Waals surface area contributed by atoms with Crippen LogP contribution in [-0.2, 0) is 9.53 Å². The summed E-state index contributed by atoms with van der Waals surface area (Å²) in [5.74, 6) is -0.454. The zero-order valence-electron chi connectivity index (χ0n) is 14.9. The van der Waals surface area contributed by atoms with Crippen molar-refractivity contribution in [2.75, 3.05) is 23.7 Å². The molecule has 1 aromatic carbocycles. The quantitative estimate of drug-likeness (QED) is 0.640. The van der Waals surface area contributed by atoms with Crippen molar-refractivity contribution in [2.24, 2.45) is 0 Å². The smallest absolute Gasteiger partial charge is 0.309 e. The van der Waals surface area contributed by atoms with E-state index in [0.29, 0.717) is 31.6 Å². The second kappa shape index (κ2) is 7.15. The molecule has 1 aliphatic heterocycles. The number of aliphatic hydroxyl groups is 1. The predicted octanol–water partition coefficient (Wildman–Crippen LogP) is 3.27. The number of halogens is 2. The van der Waals surface area contributed by atoms with Gasteiger partial charge in [0.1, 0.15) is 5.60 Å². The van der Waals surface area contributed by atoms with Gasteiger partial charge in [0.15, 0.2) is 0 Å². The van der Waals surface area contributed by atoms with Crippen LogP contribution in [0.5, 0.6) is 0 Å². The second-order valence-electron chi connectivity index (χ2n) is 7.59. The Labute approximate surface area is 146 Å². The molecular weight excluding hydrogens is 330 g/mol. The molecule has 140 valence electrons. The lowest BCUT2D eigenvalue weighted by molar-refractivity contribution is -0.161. The van der Waals surface area contributed by atoms with Gasteiger partial charge < -0.3 is 20.5 Å². The molecule has 0 spiro atoms. The Morgan fingerprint density at radius 2 is 1.96 bits per heavy atom. The Morgan fingerprint density at radius 3 is 2.48 bits per heavy atom. The number of carbonyl (C=O) groups is 1. The van der Waals surface area contributed by atoms with Crippen molar-refractivity contribution < 1.29 is 23.4 Å². The minimum atomic E-state index is -2.62. The van der Waals surface area contributed by atoms with Crippen LogP contribution in [-0.4, -0.2) is 35.4 Å². The largest absolute Gasteiger partial charge is 0.460 e. The van der Waals surface area contributed by atoms with Gasteiger partial charge in [-0.15, -0.1) is 0 Å². The molecule has 5 nitrogen and oxygen atoms in total. The first kappa shape index (κ1) is 19.4. The number of nitrogens with two attached hydrogens (primary N) is 1. The van der Waals surface area contributed by atoms with Crippen LogP contribution < -0.4 is 10.6 Å². The fraction of sp³-hybridized carbons (Fsp3) is 0.611. The molecule has 1 fully saturated rings. The molecule has 3 N–H and O–H groups in total. The summed E-state index contributed by atoms with van der Waals surface area (Å²) in [6.45, 7) is 6.06. The minimum Gasteiger partial charge on any atom is -0.460 e. The van der Waals surface area contributed by atoms with Gasteiger partial charge in [-0.2, -0.15) is 0 Å². The number of esters is 1. The first-order valence-corrected chi connectivity index (χ1v) is 8.36. The van der Waals surface area contributed by atoms with Gasteiger partial charge in [-0.3, -0.25) is 4.79 Å². The molecule has 1 saturated heterocycles. The molecule has 0 atom stereocenters. The maximum atomic E-state index is 13.3. The number of alkyl halides is 2. The topological polar surface area (TPSA) is 75.8 Å². The molecule has 0 aliphatic carbocycles. The SMILES string of the molecule is CC(C)(C)OC(=O)CC1(O)CCN(c2ccc(N)cc2C(F)F)CC1. The molecule has 25 heavy (non-hydrogen) atoms. The van der Waals surface area contributed by atoms with E-state index < -0.39 is 23.6 Å². The first-order valence-electron chi connectivity index (χ1n) is 8.36. The van der Waals surface area contributed by atoms with Crippen LogP contribution in [0.3, 0.4) is 0 Å². The lowest BCUT2D eigenvalue weighted by Crippen LogP contribution is -2.46. The fourth-order valence-electron chi connectivity index (χ4n) is 3.02. The molecule has 2 rings (SSSR count). The molecule has 0 bridgehead atoms. The molecule has 1 aromatic rings. The van der Waals surface area contributed by atoms with Gasteiger partial charge in [-0.25, -0.2) is 8.78 Å². The fourth-order valence-corrected chi connectivity index (χ4v) is 3.02. The van der Waals surface area contributed by atoms with E-state index in [1.54, 1.807) is 37.8 Å². The summed E-state index contributed by atoms with van der Waals surface area (Å²) in [4.78, 5) is 13.8. The highest BCUT2D eigenvalue weighted by Crippen LogP contribution is 2.35. The summed E-state index contributed by atoms with van der Waals surface area (Å²) < 4.78 is 31.8. The van der Waals surface area contributed by atoms with E-state index in [1.807, 2.05) is 0 Å². The predicted molar refractivity (Wildman–Crippen MR) is 92.7 cm³/mol. The van der Waals surface area contributed by atoms with Crippen LogP contribution >= 0.6 is 0 Å². The highest BCUT2D eigenvalue weighted by Gasteiger charge is 2.36. The van der Waals surface area contributed by atoms with Crippen molar-refractivity contribution in [3.63, 3.8) is 0 Å². The van der Waals surface area contributed by atoms with E-state index in [4.69, 9.17) is 10.5 Å². The van der Waals surface area contributed by atoms with Gasteiger partial charge in [0.25, 0.3) is 6.43 Å². The molecule has 0 saturated carbocycles. The van der Waals surface area contributed by atoms with E-state index in [9.17, 15) is 18.7 Å². The average Bonchev–Trinajstić information content (AvgIpc) is 2.45. The van der Waals surface area contributed by atoms with Crippen molar-refractivity contribution in [1.82, 2.24) is 0 Å². The number of benzene rings is 1. The first-order chi connectivity index (χ1) is 11.5. The Bertz CT molecular complexity index is 621. The Hall–Kier alpha value is -1.89. The van der Waals surface area contributed by atoms with Crippen LogP contribution in [0.25, 0.3) is 0 Å². The van der Waals surface area contributed by atoms with Crippen molar-refractivity contribution in [2.45, 2.75) is 57.7 Å². The van der Waals surface area contributed by atoms with E-state index in [2.05, 4.69) is 0 Å². The lowest BCUT2D eigenvalue weighted by Gasteiger charge is -2.39. The molecular formula is C18H26F2N2O3. The zero-order valence-corrected chi connectivity index (χ0v) is 14.9. The maximum Gasteiger partial charge on any atom is 0.309 e. The number of hydrogen-bond acceptors (Lipinski definition) is 5. The number of anilines is 2. The summed E-state index contributed by atoms with van der Waals surface area (Å²) >= 11 is 0. The van der Waals surface area contributed by atoms with Gasteiger partial charge >= 0.3 is 5.97 Å². The second-order valence-corrected chi connectivity index (χ2v) is 7.59. The summed E-state index contributed by atoms with van der Waals surface area (Å²) in [6.07, 6.45) is -2.11. The van der Waals surface area contributed by atoms with Gasteiger partial charge in [0.2, 0.25) is 0 Å². The standard InChI is InChI=1S/C18H26F2N2O3/c1-17(2,3)25-15(23)11-18(24)6-8-22(9-7-18)14-5-4-12(21)10-13(14)16(19)20/h4-5,10,16,24H,6-9,11,21H2,1-3H3. The number of rotatable bonds is 4. The van der Waals surface area contributed by atoms with Crippen molar-refractivity contribution >= 4 is 17.3 Å². The molecule has 1 aliphatic rings. The van der Waals surface area contributed by atoms with Gasteiger partial charge in [0, 0.05) is 30.0 Å². The third-order valence-corrected chi connectivity index (χ3v) is 4.21. The van der Waals surface area contributed by atoms with Gasteiger partial charge in [-0.05, 0) is 51.8 Å². The van der Waals surface area contributed by atoms with Gasteiger partial charge in [0.05, 0.1) is 12.0 Å². The minimum absolute atomic E-state index is 0.0957. The van der Waals surface area contributed by atoms with E-state index >= 15 is 0 Å². The molecule has 0 amide bonds. The van der Waals surface area contributed by atoms with Crippen LogP contribution in [0.15, 0.2) is 18.2 Å². The highest BCUT2D eigenvalue weighted by molar-refractivity contribution is 5.71. The van der Waals surface area contributed by atoms with E-state index in [-0.39, 0.29) is 17.7 Å². The molecule has 0 radical (unpaired) electrons. The molecule has 7 heteroatoms. The van der Waals surface area contributed by atoms with Crippen LogP contribution in [0.4, 0.5) is 20.2 Å². The van der Waals surface area contributed by atoms with Crippen LogP contribution in [0, 0.1) is 0 Å².